The Bertz CT molecular complexity index is 1410. The largest absolute Gasteiger partial charge is 0.462 e. The van der Waals surface area contributed by atoms with Gasteiger partial charge in [0.25, 0.3) is 5.56 Å². The first kappa shape index (κ1) is 29.5. The predicted octanol–water partition coefficient (Wildman–Crippen LogP) is 2.76. The Morgan fingerprint density at radius 3 is 2.62 bits per heavy atom. The number of aliphatic hydroxyl groups is 1. The summed E-state index contributed by atoms with van der Waals surface area (Å²) in [6.45, 7) is 11.1. The first-order valence-corrected chi connectivity index (χ1v) is 14.0. The Morgan fingerprint density at radius 2 is 1.98 bits per heavy atom. The topological polar surface area (TPSA) is 119 Å². The van der Waals surface area contributed by atoms with Crippen LogP contribution >= 0.6 is 0 Å². The summed E-state index contributed by atoms with van der Waals surface area (Å²) in [5, 5.41) is 13.3. The van der Waals surface area contributed by atoms with Gasteiger partial charge >= 0.3 is 5.97 Å². The highest BCUT2D eigenvalue weighted by Crippen LogP contribution is 2.29. The molecule has 0 bridgehead atoms. The highest BCUT2D eigenvalue weighted by Gasteiger charge is 2.27. The summed E-state index contributed by atoms with van der Waals surface area (Å²) < 4.78 is 9.07. The average molecular weight is 552 g/mol. The van der Waals surface area contributed by atoms with Gasteiger partial charge in [-0.3, -0.25) is 19.7 Å². The molecule has 2 N–H and O–H groups in total. The normalized spacial score (nSPS) is 17.3. The van der Waals surface area contributed by atoms with E-state index in [-0.39, 0.29) is 23.5 Å². The first-order valence-electron chi connectivity index (χ1n) is 14.0. The number of piperidine rings is 1. The molecule has 1 aliphatic heterocycles. The van der Waals surface area contributed by atoms with Crippen LogP contribution in [0.3, 0.4) is 0 Å². The van der Waals surface area contributed by atoms with Gasteiger partial charge in [0.1, 0.15) is 11.9 Å². The number of aromatic nitrogens is 3. The number of nitrogens with one attached hydrogen (secondary N) is 1. The van der Waals surface area contributed by atoms with Crippen LogP contribution in [0.1, 0.15) is 51.7 Å². The zero-order chi connectivity index (χ0) is 29.1. The van der Waals surface area contributed by atoms with Gasteiger partial charge in [0.15, 0.2) is 0 Å². The standard InChI is InChI=1S/C30H41N5O5/c1-18(2)40-30(39)27(20(4)36)31-14-22-9-10-26-25(13-22)32-28(24-12-19(3)29(38)33(6)17-24)35(26)16-23-8-7-11-34(15-23)21(5)37/h9-10,12-13,17-18,20,23,27,31,36H,7-8,11,14-16H2,1-6H3/t20-,23+,27-/m1/s1. The molecule has 3 atom stereocenters. The molecule has 4 rings (SSSR count). The van der Waals surface area contributed by atoms with Gasteiger partial charge in [0.2, 0.25) is 5.91 Å². The van der Waals surface area contributed by atoms with Crippen molar-refractivity contribution in [3.8, 4) is 11.4 Å². The highest BCUT2D eigenvalue weighted by molar-refractivity contribution is 5.81. The van der Waals surface area contributed by atoms with E-state index in [1.54, 1.807) is 46.2 Å². The SMILES string of the molecule is CC(=O)N1CCC[C@H](Cn2c(-c3cc(C)c(=O)n(C)c3)nc3cc(CN[C@@H](C(=O)OC(C)C)[C@@H](C)O)ccc32)C1. The maximum absolute atomic E-state index is 12.5. The average Bonchev–Trinajstić information content (AvgIpc) is 3.24. The molecular formula is C30H41N5O5. The summed E-state index contributed by atoms with van der Waals surface area (Å²) in [6, 6.07) is 7.01. The Balaban J connectivity index is 1.68. The minimum atomic E-state index is -0.918. The van der Waals surface area contributed by atoms with Crippen LogP contribution in [0, 0.1) is 12.8 Å². The number of carbonyl (C=O) groups is 2. The monoisotopic (exact) mass is 551 g/mol. The lowest BCUT2D eigenvalue weighted by Gasteiger charge is -2.32. The van der Waals surface area contributed by atoms with Crippen molar-refractivity contribution < 1.29 is 19.4 Å². The van der Waals surface area contributed by atoms with Crippen LogP contribution in [0.25, 0.3) is 22.4 Å². The van der Waals surface area contributed by atoms with Crippen molar-refractivity contribution in [1.29, 1.82) is 0 Å². The summed E-state index contributed by atoms with van der Waals surface area (Å²) in [5.74, 6) is 0.650. The summed E-state index contributed by atoms with van der Waals surface area (Å²) in [7, 11) is 1.74. The number of aryl methyl sites for hydroxylation is 2. The molecule has 0 radical (unpaired) electrons. The van der Waals surface area contributed by atoms with Crippen molar-refractivity contribution in [2.75, 3.05) is 13.1 Å². The fourth-order valence-corrected chi connectivity index (χ4v) is 5.43. The number of aliphatic hydroxyl groups excluding tert-OH is 1. The van der Waals surface area contributed by atoms with Crippen LogP contribution in [-0.2, 0) is 34.5 Å². The molecule has 2 aromatic heterocycles. The second kappa shape index (κ2) is 12.3. The molecule has 0 saturated carbocycles. The molecule has 1 amide bonds. The zero-order valence-electron chi connectivity index (χ0n) is 24.3. The fourth-order valence-electron chi connectivity index (χ4n) is 5.43. The van der Waals surface area contributed by atoms with Crippen LogP contribution in [0.2, 0.25) is 0 Å². The van der Waals surface area contributed by atoms with Crippen molar-refractivity contribution in [2.45, 2.75) is 78.8 Å². The van der Waals surface area contributed by atoms with Gasteiger partial charge in [-0.2, -0.15) is 0 Å². The van der Waals surface area contributed by atoms with E-state index in [0.717, 1.165) is 47.4 Å². The number of ether oxygens (including phenoxy) is 1. The molecule has 0 spiro atoms. The van der Waals surface area contributed by atoms with E-state index in [4.69, 9.17) is 9.72 Å². The lowest BCUT2D eigenvalue weighted by molar-refractivity contribution is -0.152. The fraction of sp³-hybridized carbons (Fsp3) is 0.533. The molecule has 0 aliphatic carbocycles. The maximum atomic E-state index is 12.5. The van der Waals surface area contributed by atoms with E-state index in [1.165, 1.54) is 0 Å². The number of rotatable bonds is 9. The zero-order valence-corrected chi connectivity index (χ0v) is 24.3. The highest BCUT2D eigenvalue weighted by atomic mass is 16.5. The maximum Gasteiger partial charge on any atom is 0.326 e. The van der Waals surface area contributed by atoms with Crippen molar-refractivity contribution in [1.82, 2.24) is 24.3 Å². The van der Waals surface area contributed by atoms with Gasteiger partial charge in [0.05, 0.1) is 23.2 Å². The third-order valence-electron chi connectivity index (χ3n) is 7.45. The molecule has 40 heavy (non-hydrogen) atoms. The van der Waals surface area contributed by atoms with Crippen LogP contribution in [-0.4, -0.2) is 67.3 Å². The number of amides is 1. The van der Waals surface area contributed by atoms with E-state index >= 15 is 0 Å². The summed E-state index contributed by atoms with van der Waals surface area (Å²) >= 11 is 0. The molecule has 1 aliphatic rings. The number of benzene rings is 1. The number of hydrogen-bond acceptors (Lipinski definition) is 7. The van der Waals surface area contributed by atoms with Crippen LogP contribution in [0.5, 0.6) is 0 Å². The third kappa shape index (κ3) is 6.62. The van der Waals surface area contributed by atoms with Gasteiger partial charge in [-0.25, -0.2) is 4.98 Å². The molecule has 1 aromatic carbocycles. The van der Waals surface area contributed by atoms with Gasteiger partial charge in [-0.15, -0.1) is 0 Å². The van der Waals surface area contributed by atoms with Crippen molar-refractivity contribution in [3.05, 3.63) is 51.9 Å². The van der Waals surface area contributed by atoms with Gasteiger partial charge in [0, 0.05) is 57.5 Å². The second-order valence-electron chi connectivity index (χ2n) is 11.3. The first-order chi connectivity index (χ1) is 18.9. The number of hydrogen-bond donors (Lipinski definition) is 2. The number of likely N-dealkylation sites (tertiary alicyclic amines) is 1. The van der Waals surface area contributed by atoms with E-state index in [9.17, 15) is 19.5 Å². The quantitative estimate of drug-likeness (QED) is 0.393. The third-order valence-corrected chi connectivity index (χ3v) is 7.45. The second-order valence-corrected chi connectivity index (χ2v) is 11.3. The van der Waals surface area contributed by atoms with E-state index in [0.29, 0.717) is 25.2 Å². The van der Waals surface area contributed by atoms with Gasteiger partial charge < -0.3 is 23.9 Å². The van der Waals surface area contributed by atoms with Crippen molar-refractivity contribution in [2.24, 2.45) is 13.0 Å². The van der Waals surface area contributed by atoms with Gasteiger partial charge in [-0.05, 0) is 70.2 Å². The molecule has 1 saturated heterocycles. The molecule has 0 unspecified atom stereocenters. The predicted molar refractivity (Wildman–Crippen MR) is 154 cm³/mol. The Morgan fingerprint density at radius 1 is 1.23 bits per heavy atom. The minimum Gasteiger partial charge on any atom is -0.462 e. The Hall–Kier alpha value is -3.50. The lowest BCUT2D eigenvalue weighted by Crippen LogP contribution is -2.46. The molecule has 3 aromatic rings. The van der Waals surface area contributed by atoms with Crippen LogP contribution in [0.4, 0.5) is 0 Å². The Kier molecular flexibility index (Phi) is 9.10. The van der Waals surface area contributed by atoms with E-state index in [1.807, 2.05) is 35.4 Å². The Labute approximate surface area is 235 Å². The summed E-state index contributed by atoms with van der Waals surface area (Å²) in [6.07, 6.45) is 2.60. The van der Waals surface area contributed by atoms with Crippen molar-refractivity contribution >= 4 is 22.9 Å². The van der Waals surface area contributed by atoms with Crippen LogP contribution in [0.15, 0.2) is 35.3 Å². The lowest BCUT2D eigenvalue weighted by atomic mass is 9.97. The minimum absolute atomic E-state index is 0.0483. The summed E-state index contributed by atoms with van der Waals surface area (Å²) in [5.41, 5.74) is 4.09. The number of pyridine rings is 1. The number of fused-ring (bicyclic) bond motifs is 1. The van der Waals surface area contributed by atoms with E-state index < -0.39 is 18.1 Å². The van der Waals surface area contributed by atoms with Gasteiger partial charge in [-0.1, -0.05) is 6.07 Å². The smallest absolute Gasteiger partial charge is 0.326 e. The number of nitrogens with zero attached hydrogens (tertiary/aromatic N) is 4. The molecule has 10 nitrogen and oxygen atoms in total. The number of carbonyl (C=O) groups excluding carboxylic acids is 2. The molecule has 10 heteroatoms. The number of imidazole rings is 1. The molecule has 3 heterocycles. The van der Waals surface area contributed by atoms with Crippen LogP contribution < -0.4 is 10.9 Å². The molecular weight excluding hydrogens is 510 g/mol. The van der Waals surface area contributed by atoms with E-state index in [2.05, 4.69) is 9.88 Å². The molecule has 216 valence electrons. The molecule has 1 fully saturated rings. The van der Waals surface area contributed by atoms with Crippen molar-refractivity contribution in [3.63, 3.8) is 0 Å². The number of esters is 1. The summed E-state index contributed by atoms with van der Waals surface area (Å²) in [4.78, 5) is 43.8.